The molecule has 0 saturated heterocycles. The van der Waals surface area contributed by atoms with Crippen molar-refractivity contribution in [2.45, 2.75) is 147 Å². The Labute approximate surface area is 423 Å². The third-order valence-electron chi connectivity index (χ3n) is 14.1. The number of aliphatic hydroxyl groups is 2. The normalized spacial score (nSPS) is 21.4. The molecule has 1 fully saturated rings. The van der Waals surface area contributed by atoms with Crippen molar-refractivity contribution in [1.29, 1.82) is 0 Å². The maximum absolute atomic E-state index is 15.0. The molecule has 16 heteroatoms. The summed E-state index contributed by atoms with van der Waals surface area (Å²) in [6.07, 6.45) is 18.3. The van der Waals surface area contributed by atoms with Gasteiger partial charge in [-0.05, 0) is 104 Å². The zero-order chi connectivity index (χ0) is 51.3. The lowest BCUT2D eigenvalue weighted by Crippen LogP contribution is -2.70. The van der Waals surface area contributed by atoms with Crippen molar-refractivity contribution in [2.24, 2.45) is 22.9 Å². The van der Waals surface area contributed by atoms with Gasteiger partial charge in [0.2, 0.25) is 5.79 Å². The number of hydrogen-bond donors (Lipinski definition) is 3. The number of amides is 2. The van der Waals surface area contributed by atoms with Crippen LogP contribution in [0.2, 0.25) is 0 Å². The number of carbonyl (C=O) groups is 2. The number of nitro benzene ring substituents is 1. The lowest BCUT2D eigenvalue weighted by Gasteiger charge is -2.59. The number of rotatable bonds is 30. The average molecular weight is 999 g/mol. The molecule has 1 heterocycles. The molecule has 3 aliphatic rings. The SMILES string of the molecule is C=CCOC12Oc3ccc(OC(=O)NCCCCCCCCCCCC)cc3C3C(CCCCO)C(CCCCO)C=C(C(=NOCC)CC1N(Cc1ccc(F)cc1)C(=O)Oc1ccc([N+](=O)[O-])cc1)C32. The Balaban J connectivity index is 1.42. The first-order chi connectivity index (χ1) is 35.1. The highest BCUT2D eigenvalue weighted by molar-refractivity contribution is 6.03. The minimum absolute atomic E-state index is 0.00240. The number of nitro groups is 1. The molecular formula is C56H75FN4O11. The Hall–Kier alpha value is -5.84. The van der Waals surface area contributed by atoms with E-state index in [9.17, 15) is 34.3 Å². The number of oxime groups is 1. The molecule has 0 bridgehead atoms. The van der Waals surface area contributed by atoms with Crippen molar-refractivity contribution >= 4 is 23.6 Å². The second kappa shape index (κ2) is 28.4. The predicted molar refractivity (Wildman–Crippen MR) is 274 cm³/mol. The van der Waals surface area contributed by atoms with Gasteiger partial charge in [-0.2, -0.15) is 0 Å². The van der Waals surface area contributed by atoms with E-state index >= 15 is 0 Å². The number of non-ortho nitro benzene ring substituents is 1. The highest BCUT2D eigenvalue weighted by Crippen LogP contribution is 2.62. The predicted octanol–water partition coefficient (Wildman–Crippen LogP) is 12.1. The summed E-state index contributed by atoms with van der Waals surface area (Å²) in [5, 5.41) is 39.1. The first-order valence-electron chi connectivity index (χ1n) is 26.2. The summed E-state index contributed by atoms with van der Waals surface area (Å²) in [5.41, 5.74) is 2.50. The van der Waals surface area contributed by atoms with Gasteiger partial charge in [-0.15, -0.1) is 6.58 Å². The fourth-order valence-electron chi connectivity index (χ4n) is 10.7. The number of fused-ring (bicyclic) bond motifs is 2. The molecule has 3 aromatic carbocycles. The number of allylic oxidation sites excluding steroid dienone is 1. The average Bonchev–Trinajstić information content (AvgIpc) is 3.37. The zero-order valence-corrected chi connectivity index (χ0v) is 42.2. The summed E-state index contributed by atoms with van der Waals surface area (Å²) in [5.74, 6) is -2.56. The van der Waals surface area contributed by atoms with Gasteiger partial charge >= 0.3 is 12.2 Å². The van der Waals surface area contributed by atoms with Crippen LogP contribution in [0.25, 0.3) is 0 Å². The first-order valence-corrected chi connectivity index (χ1v) is 26.2. The fourth-order valence-corrected chi connectivity index (χ4v) is 10.7. The van der Waals surface area contributed by atoms with Crippen LogP contribution >= 0.6 is 0 Å². The minimum Gasteiger partial charge on any atom is -0.459 e. The van der Waals surface area contributed by atoms with Crippen LogP contribution in [-0.4, -0.2) is 82.7 Å². The lowest BCUT2D eigenvalue weighted by molar-refractivity contribution is -0.384. The topological polar surface area (TPSA) is 192 Å². The Morgan fingerprint density at radius 1 is 0.889 bits per heavy atom. The number of nitrogens with zero attached hydrogens (tertiary/aromatic N) is 3. The Kier molecular flexibility index (Phi) is 21.9. The van der Waals surface area contributed by atoms with Crippen LogP contribution in [0.1, 0.15) is 140 Å². The van der Waals surface area contributed by atoms with Crippen molar-refractivity contribution in [3.05, 3.63) is 118 Å². The molecule has 1 aliphatic heterocycles. The van der Waals surface area contributed by atoms with Crippen molar-refractivity contribution < 1.29 is 52.9 Å². The van der Waals surface area contributed by atoms with E-state index in [1.807, 2.05) is 13.0 Å². The molecule has 72 heavy (non-hydrogen) atoms. The second-order valence-electron chi connectivity index (χ2n) is 19.1. The zero-order valence-electron chi connectivity index (χ0n) is 42.2. The van der Waals surface area contributed by atoms with Gasteiger partial charge in [0.15, 0.2) is 0 Å². The molecule has 0 spiro atoms. The molecule has 3 N–H and O–H groups in total. The molecule has 0 aromatic heterocycles. The highest BCUT2D eigenvalue weighted by atomic mass is 19.1. The lowest BCUT2D eigenvalue weighted by atomic mass is 9.55. The van der Waals surface area contributed by atoms with E-state index in [0.717, 1.165) is 43.2 Å². The quantitative estimate of drug-likeness (QED) is 0.0249. The molecule has 2 amide bonds. The molecule has 6 rings (SSSR count). The van der Waals surface area contributed by atoms with Crippen LogP contribution in [0.3, 0.4) is 0 Å². The summed E-state index contributed by atoms with van der Waals surface area (Å²) < 4.78 is 40.8. The van der Waals surface area contributed by atoms with Crippen LogP contribution in [-0.2, 0) is 16.1 Å². The Morgan fingerprint density at radius 3 is 2.21 bits per heavy atom. The van der Waals surface area contributed by atoms with E-state index in [1.54, 1.807) is 30.3 Å². The fraction of sp³-hybridized carbons (Fsp3) is 0.554. The summed E-state index contributed by atoms with van der Waals surface area (Å²) in [6, 6.07) is 15.2. The monoisotopic (exact) mass is 999 g/mol. The number of aliphatic hydroxyl groups excluding tert-OH is 2. The van der Waals surface area contributed by atoms with Gasteiger partial charge in [0.05, 0.1) is 23.2 Å². The van der Waals surface area contributed by atoms with E-state index in [0.29, 0.717) is 55.0 Å². The minimum atomic E-state index is -1.67. The summed E-state index contributed by atoms with van der Waals surface area (Å²) >= 11 is 0. The maximum atomic E-state index is 15.0. The van der Waals surface area contributed by atoms with Crippen molar-refractivity contribution in [3.8, 4) is 17.2 Å². The third kappa shape index (κ3) is 14.7. The molecule has 6 atom stereocenters. The van der Waals surface area contributed by atoms with Crippen LogP contribution < -0.4 is 19.5 Å². The molecule has 15 nitrogen and oxygen atoms in total. The second-order valence-corrected chi connectivity index (χ2v) is 19.1. The number of halogens is 1. The van der Waals surface area contributed by atoms with Crippen LogP contribution in [0.15, 0.2) is 96.2 Å². The summed E-state index contributed by atoms with van der Waals surface area (Å²) in [7, 11) is 0. The van der Waals surface area contributed by atoms with Gasteiger partial charge in [0.1, 0.15) is 35.7 Å². The summed E-state index contributed by atoms with van der Waals surface area (Å²) in [6.45, 7) is 8.73. The number of ether oxygens (including phenoxy) is 4. The van der Waals surface area contributed by atoms with E-state index in [2.05, 4.69) is 24.9 Å². The van der Waals surface area contributed by atoms with E-state index in [-0.39, 0.29) is 62.7 Å². The number of carbonyl (C=O) groups excluding carboxylic acids is 2. The van der Waals surface area contributed by atoms with Gasteiger partial charge in [-0.3, -0.25) is 15.0 Å². The van der Waals surface area contributed by atoms with E-state index in [4.69, 9.17) is 28.9 Å². The van der Waals surface area contributed by atoms with Gasteiger partial charge in [-0.25, -0.2) is 14.0 Å². The number of benzene rings is 3. The molecule has 2 aliphatic carbocycles. The molecular weight excluding hydrogens is 924 g/mol. The van der Waals surface area contributed by atoms with E-state index in [1.165, 1.54) is 86.2 Å². The third-order valence-corrected chi connectivity index (χ3v) is 14.1. The maximum Gasteiger partial charge on any atom is 0.416 e. The van der Waals surface area contributed by atoms with Gasteiger partial charge in [0, 0.05) is 56.3 Å². The first kappa shape index (κ1) is 55.5. The van der Waals surface area contributed by atoms with Crippen molar-refractivity contribution in [1.82, 2.24) is 10.2 Å². The van der Waals surface area contributed by atoms with Gasteiger partial charge < -0.3 is 39.3 Å². The van der Waals surface area contributed by atoms with Crippen LogP contribution in [0.5, 0.6) is 17.2 Å². The molecule has 6 unspecified atom stereocenters. The van der Waals surface area contributed by atoms with E-state index < -0.39 is 46.6 Å². The van der Waals surface area contributed by atoms with Gasteiger partial charge in [-0.1, -0.05) is 107 Å². The number of nitrogens with one attached hydrogen (secondary N) is 1. The number of unbranched alkanes of at least 4 members (excludes halogenated alkanes) is 11. The molecule has 3 aromatic rings. The summed E-state index contributed by atoms with van der Waals surface area (Å²) in [4.78, 5) is 46.6. The molecule has 392 valence electrons. The van der Waals surface area contributed by atoms with Crippen molar-refractivity contribution in [3.63, 3.8) is 0 Å². The standard InChI is InChI=1S/C56H75FN4O11/c1-4-7-8-9-10-11-12-13-14-17-32-58-54(64)70-45-30-31-50-48(37-45)52-46(21-16-19-34-63)41(20-15-18-33-62)36-47-49(59-69-6-3)38-51(56(72-50,53(47)52)68-35-5-2)60(39-40-22-24-42(57)25-23-40)55(65)71-44-28-26-43(27-29-44)61(66)67/h5,22-31,36-37,41,46,51-53,62-63H,2,4,6-21,32-35,38-39H2,1,3H3,(H,58,64). The van der Waals surface area contributed by atoms with Gasteiger partial charge in [0.25, 0.3) is 5.69 Å². The molecule has 0 radical (unpaired) electrons. The smallest absolute Gasteiger partial charge is 0.416 e. The Morgan fingerprint density at radius 2 is 1.56 bits per heavy atom. The Bertz CT molecular complexity index is 2270. The van der Waals surface area contributed by atoms with Crippen molar-refractivity contribution in [2.75, 3.05) is 33.0 Å². The number of hydrogen-bond acceptors (Lipinski definition) is 12. The highest BCUT2D eigenvalue weighted by Gasteiger charge is 2.66. The largest absolute Gasteiger partial charge is 0.459 e. The van der Waals surface area contributed by atoms with Crippen LogP contribution in [0, 0.1) is 33.7 Å². The molecule has 1 saturated carbocycles. The van der Waals surface area contributed by atoms with Crippen LogP contribution in [0.4, 0.5) is 19.7 Å².